The summed E-state index contributed by atoms with van der Waals surface area (Å²) in [7, 11) is 1.99. The maximum Gasteiger partial charge on any atom is 0.388 e. The predicted octanol–water partition coefficient (Wildman–Crippen LogP) is 5.77. The van der Waals surface area contributed by atoms with Crippen molar-refractivity contribution in [2.24, 2.45) is 0 Å². The van der Waals surface area contributed by atoms with E-state index in [-0.39, 0.29) is 23.4 Å². The number of carbonyl (C=O) groups excluding carboxylic acids is 1. The van der Waals surface area contributed by atoms with Gasteiger partial charge in [0.15, 0.2) is 11.6 Å². The fraction of sp³-hybridized carbons (Fsp3) is 0.273. The van der Waals surface area contributed by atoms with Crippen LogP contribution in [0.5, 0.6) is 17.4 Å². The first-order chi connectivity index (χ1) is 22.9. The Bertz CT molecular complexity index is 1710. The number of carbonyl (C=O) groups is 1. The van der Waals surface area contributed by atoms with Gasteiger partial charge in [-0.15, -0.1) is 0 Å². The molecule has 0 spiro atoms. The van der Waals surface area contributed by atoms with Crippen LogP contribution >= 0.6 is 0 Å². The molecule has 2 fully saturated rings. The van der Waals surface area contributed by atoms with Gasteiger partial charge in [0.1, 0.15) is 29.3 Å². The van der Waals surface area contributed by atoms with Gasteiger partial charge in [-0.05, 0) is 49.0 Å². The minimum atomic E-state index is -3.14. The first-order valence-corrected chi connectivity index (χ1v) is 15.1. The van der Waals surface area contributed by atoms with Crippen molar-refractivity contribution in [2.45, 2.75) is 19.1 Å². The summed E-state index contributed by atoms with van der Waals surface area (Å²) >= 11 is 0. The molecule has 2 aliphatic heterocycles. The van der Waals surface area contributed by atoms with E-state index in [4.69, 9.17) is 14.3 Å². The van der Waals surface area contributed by atoms with Crippen LogP contribution in [-0.2, 0) is 9.63 Å². The second-order valence-electron chi connectivity index (χ2n) is 10.9. The number of ether oxygens (including phenoxy) is 2. The topological polar surface area (TPSA) is 117 Å². The predicted molar refractivity (Wildman–Crippen MR) is 173 cm³/mol. The molecule has 2 aromatic carbocycles. The monoisotopic (exact) mass is 644 g/mol. The van der Waals surface area contributed by atoms with Gasteiger partial charge in [-0.1, -0.05) is 36.9 Å². The Kier molecular flexibility index (Phi) is 9.69. The van der Waals surface area contributed by atoms with Gasteiger partial charge in [-0.3, -0.25) is 9.63 Å². The number of hydrogen-bond acceptors (Lipinski definition) is 11. The maximum absolute atomic E-state index is 13.6. The summed E-state index contributed by atoms with van der Waals surface area (Å²) in [5.41, 5.74) is 1.33. The van der Waals surface area contributed by atoms with E-state index < -0.39 is 12.5 Å². The Morgan fingerprint density at radius 3 is 2.57 bits per heavy atom. The third kappa shape index (κ3) is 7.73. The first-order valence-electron chi connectivity index (χ1n) is 15.1. The van der Waals surface area contributed by atoms with Gasteiger partial charge in [0, 0.05) is 38.7 Å². The fourth-order valence-corrected chi connectivity index (χ4v) is 5.37. The molecule has 0 radical (unpaired) electrons. The normalized spacial score (nSPS) is 16.6. The molecule has 4 heterocycles. The van der Waals surface area contributed by atoms with Gasteiger partial charge in [0.05, 0.1) is 18.3 Å². The minimum absolute atomic E-state index is 0.0665. The quantitative estimate of drug-likeness (QED) is 0.194. The van der Waals surface area contributed by atoms with E-state index in [9.17, 15) is 13.6 Å². The van der Waals surface area contributed by atoms with Crippen LogP contribution in [-0.4, -0.2) is 72.2 Å². The lowest BCUT2D eigenvalue weighted by Crippen LogP contribution is -2.45. The number of pyridine rings is 1. The summed E-state index contributed by atoms with van der Waals surface area (Å²) < 4.78 is 38.1. The maximum atomic E-state index is 13.6. The molecule has 2 aromatic heterocycles. The lowest BCUT2D eigenvalue weighted by molar-refractivity contribution is -0.111. The largest absolute Gasteiger partial charge is 0.457 e. The molecule has 0 saturated carbocycles. The van der Waals surface area contributed by atoms with Crippen molar-refractivity contribution in [3.8, 4) is 17.4 Å². The van der Waals surface area contributed by atoms with Crippen molar-refractivity contribution in [1.29, 1.82) is 0 Å². The van der Waals surface area contributed by atoms with Crippen LogP contribution in [0.1, 0.15) is 18.0 Å². The molecule has 12 nitrogen and oxygen atoms in total. The van der Waals surface area contributed by atoms with Gasteiger partial charge < -0.3 is 29.9 Å². The lowest BCUT2D eigenvalue weighted by atomic mass is 10.0. The van der Waals surface area contributed by atoms with Gasteiger partial charge >= 0.3 is 6.61 Å². The second kappa shape index (κ2) is 14.4. The first kappa shape index (κ1) is 31.6. The average molecular weight is 645 g/mol. The number of benzene rings is 2. The number of halogens is 2. The van der Waals surface area contributed by atoms with Crippen molar-refractivity contribution in [3.05, 3.63) is 91.3 Å². The lowest BCUT2D eigenvalue weighted by Gasteiger charge is -2.34. The molecule has 6 rings (SSSR count). The molecule has 1 unspecified atom stereocenters. The van der Waals surface area contributed by atoms with E-state index in [1.807, 2.05) is 66.5 Å². The summed E-state index contributed by atoms with van der Waals surface area (Å²) in [4.78, 5) is 35.5. The number of likely N-dealkylation sites (N-methyl/N-ethyl adjacent to an activating group) is 1. The van der Waals surface area contributed by atoms with E-state index in [1.54, 1.807) is 11.1 Å². The zero-order chi connectivity index (χ0) is 32.8. The Morgan fingerprint density at radius 2 is 1.81 bits per heavy atom. The molecule has 0 aliphatic carbocycles. The standard InChI is InChI=1S/C33H34F2N8O4/c1-3-30(44)39-25-19-26(32(47-33(34)35)40-31(25)42-15-13-41(2)14-16-42)38-28-20-29(37-21-36-28)43-27(12-17-45-43)22-8-7-11-24(18-22)46-23-9-5-4-6-10-23/h3-11,18-21,27,33H,1,12-17H2,2H3,(H,39,44)(H,36,37,38). The Morgan fingerprint density at radius 1 is 1.02 bits per heavy atom. The SMILES string of the molecule is C=CC(=O)Nc1cc(Nc2cc(N3OCCC3c3cccc(Oc4ccccc4)c3)ncn2)c(OC(F)F)nc1N1CCN(C)CC1. The van der Waals surface area contributed by atoms with E-state index in [1.165, 1.54) is 12.4 Å². The Balaban J connectivity index is 1.28. The average Bonchev–Trinajstić information content (AvgIpc) is 3.57. The van der Waals surface area contributed by atoms with Crippen molar-refractivity contribution in [2.75, 3.05) is 60.4 Å². The molecular formula is C33H34F2N8O4. The molecule has 2 aliphatic rings. The van der Waals surface area contributed by atoms with Gasteiger partial charge in [0.25, 0.3) is 0 Å². The smallest absolute Gasteiger partial charge is 0.388 e. The number of para-hydroxylation sites is 1. The summed E-state index contributed by atoms with van der Waals surface area (Å²) in [6.45, 7) is 3.46. The Hall–Kier alpha value is -5.34. The zero-order valence-corrected chi connectivity index (χ0v) is 25.7. The molecule has 244 valence electrons. The molecule has 4 aromatic rings. The van der Waals surface area contributed by atoms with Crippen LogP contribution in [0.25, 0.3) is 0 Å². The minimum Gasteiger partial charge on any atom is -0.457 e. The van der Waals surface area contributed by atoms with Crippen molar-refractivity contribution < 1.29 is 27.9 Å². The molecule has 2 saturated heterocycles. The van der Waals surface area contributed by atoms with Crippen molar-refractivity contribution in [3.63, 3.8) is 0 Å². The Labute approximate surface area is 270 Å². The summed E-state index contributed by atoms with van der Waals surface area (Å²) in [6.07, 6.45) is 3.15. The number of anilines is 5. The molecule has 1 atom stereocenters. The number of alkyl halides is 2. The molecule has 1 amide bonds. The second-order valence-corrected chi connectivity index (χ2v) is 10.9. The third-order valence-electron chi connectivity index (χ3n) is 7.68. The summed E-state index contributed by atoms with van der Waals surface area (Å²) in [5, 5.41) is 7.46. The van der Waals surface area contributed by atoms with E-state index in [0.717, 1.165) is 30.5 Å². The van der Waals surface area contributed by atoms with Crippen LogP contribution in [0, 0.1) is 0 Å². The molecule has 0 bridgehead atoms. The highest BCUT2D eigenvalue weighted by Crippen LogP contribution is 2.39. The van der Waals surface area contributed by atoms with Crippen molar-refractivity contribution in [1.82, 2.24) is 19.9 Å². The fourth-order valence-electron chi connectivity index (χ4n) is 5.37. The van der Waals surface area contributed by atoms with Crippen LogP contribution in [0.4, 0.5) is 37.6 Å². The highest BCUT2D eigenvalue weighted by atomic mass is 19.3. The van der Waals surface area contributed by atoms with E-state index >= 15 is 0 Å². The number of nitrogens with one attached hydrogen (secondary N) is 2. The molecule has 2 N–H and O–H groups in total. The van der Waals surface area contributed by atoms with Crippen LogP contribution in [0.2, 0.25) is 0 Å². The summed E-state index contributed by atoms with van der Waals surface area (Å²) in [5.74, 6) is 1.60. The van der Waals surface area contributed by atoms with Crippen molar-refractivity contribution >= 4 is 34.7 Å². The molecule has 14 heteroatoms. The number of amides is 1. The van der Waals surface area contributed by atoms with Crippen LogP contribution in [0.3, 0.4) is 0 Å². The van der Waals surface area contributed by atoms with Gasteiger partial charge in [-0.25, -0.2) is 15.0 Å². The number of aromatic nitrogens is 3. The summed E-state index contributed by atoms with van der Waals surface area (Å²) in [6, 6.07) is 20.2. The van der Waals surface area contributed by atoms with E-state index in [2.05, 4.69) is 37.1 Å². The number of rotatable bonds is 11. The van der Waals surface area contributed by atoms with Gasteiger partial charge in [0.2, 0.25) is 11.8 Å². The number of hydrogen-bond donors (Lipinski definition) is 2. The number of nitrogens with zero attached hydrogens (tertiary/aromatic N) is 6. The number of piperazine rings is 1. The molecule has 47 heavy (non-hydrogen) atoms. The molecular weight excluding hydrogens is 610 g/mol. The highest BCUT2D eigenvalue weighted by molar-refractivity contribution is 6.01. The third-order valence-corrected chi connectivity index (χ3v) is 7.68. The number of hydroxylamine groups is 1. The van der Waals surface area contributed by atoms with Crippen LogP contribution in [0.15, 0.2) is 85.7 Å². The zero-order valence-electron chi connectivity index (χ0n) is 25.7. The van der Waals surface area contributed by atoms with Crippen LogP contribution < -0.4 is 30.1 Å². The van der Waals surface area contributed by atoms with E-state index in [0.29, 0.717) is 49.2 Å². The van der Waals surface area contributed by atoms with Gasteiger partial charge in [-0.2, -0.15) is 13.8 Å². The highest BCUT2D eigenvalue weighted by Gasteiger charge is 2.30.